The Bertz CT molecular complexity index is 955. The van der Waals surface area contributed by atoms with Crippen LogP contribution in [0.1, 0.15) is 41.3 Å². The minimum atomic E-state index is -2.97. The van der Waals surface area contributed by atoms with Gasteiger partial charge in [-0.25, -0.2) is 13.8 Å². The van der Waals surface area contributed by atoms with Crippen molar-refractivity contribution in [1.29, 1.82) is 5.26 Å². The third kappa shape index (κ3) is 3.08. The number of nitrogens with zero attached hydrogens (tertiary/aromatic N) is 3. The number of guanidine groups is 1. The Balaban J connectivity index is 2.18. The van der Waals surface area contributed by atoms with Crippen molar-refractivity contribution in [2.24, 2.45) is 10.7 Å². The van der Waals surface area contributed by atoms with E-state index in [9.17, 15) is 18.8 Å². The summed E-state index contributed by atoms with van der Waals surface area (Å²) in [6.45, 7) is 2.56. The summed E-state index contributed by atoms with van der Waals surface area (Å²) in [6.07, 6.45) is 0. The zero-order valence-electron chi connectivity index (χ0n) is 15.0. The van der Waals surface area contributed by atoms with Gasteiger partial charge in [0.25, 0.3) is 5.92 Å². The molecule has 2 heterocycles. The van der Waals surface area contributed by atoms with Crippen LogP contribution in [0.15, 0.2) is 40.7 Å². The molecule has 0 saturated heterocycles. The molecule has 2 N–H and O–H groups in total. The number of likely N-dealkylation sites (N-methyl/N-ethyl adjacent to an activating group) is 1. The number of alkyl halides is 2. The lowest BCUT2D eigenvalue weighted by atomic mass is 9.76. The molecule has 1 amide bonds. The molecule has 27 heavy (non-hydrogen) atoms. The molecule has 3 rings (SSSR count). The highest BCUT2D eigenvalue weighted by Crippen LogP contribution is 2.47. The highest BCUT2D eigenvalue weighted by atomic mass is 32.1. The Kier molecular flexibility index (Phi) is 4.52. The smallest absolute Gasteiger partial charge is 0.270 e. The fourth-order valence-electron chi connectivity index (χ4n) is 3.33. The van der Waals surface area contributed by atoms with Crippen molar-refractivity contribution in [3.05, 3.63) is 57.3 Å². The third-order valence-corrected chi connectivity index (χ3v) is 5.97. The van der Waals surface area contributed by atoms with Gasteiger partial charge in [-0.1, -0.05) is 24.3 Å². The summed E-state index contributed by atoms with van der Waals surface area (Å²) in [6, 6.07) is 9.42. The van der Waals surface area contributed by atoms with Crippen LogP contribution in [0.3, 0.4) is 0 Å². The van der Waals surface area contributed by atoms with E-state index in [1.165, 1.54) is 47.5 Å². The first kappa shape index (κ1) is 19.0. The summed E-state index contributed by atoms with van der Waals surface area (Å²) in [4.78, 5) is 19.5. The number of carbonyl (C=O) groups excluding carboxylic acids is 1. The maximum atomic E-state index is 13.5. The first-order chi connectivity index (χ1) is 12.6. The molecule has 2 aromatic rings. The molecule has 0 unspecified atom stereocenters. The van der Waals surface area contributed by atoms with Crippen LogP contribution in [0.5, 0.6) is 0 Å². The van der Waals surface area contributed by atoms with Crippen LogP contribution < -0.4 is 5.73 Å². The van der Waals surface area contributed by atoms with Crippen LogP contribution in [-0.4, -0.2) is 23.8 Å². The Hall–Kier alpha value is -2.79. The molecular weight excluding hydrogens is 370 g/mol. The second-order valence-electron chi connectivity index (χ2n) is 6.73. The van der Waals surface area contributed by atoms with E-state index in [1.54, 1.807) is 18.4 Å². The number of hydrogen-bond donors (Lipinski definition) is 1. The van der Waals surface area contributed by atoms with Crippen LogP contribution in [0.4, 0.5) is 8.78 Å². The van der Waals surface area contributed by atoms with Gasteiger partial charge in [0.05, 0.1) is 16.4 Å². The Morgan fingerprint density at radius 3 is 2.52 bits per heavy atom. The minimum Gasteiger partial charge on any atom is -0.369 e. The fourth-order valence-corrected chi connectivity index (χ4v) is 4.31. The zero-order valence-corrected chi connectivity index (χ0v) is 15.8. The molecule has 1 aliphatic rings. The summed E-state index contributed by atoms with van der Waals surface area (Å²) < 4.78 is 27.1. The quantitative estimate of drug-likeness (QED) is 0.873. The van der Waals surface area contributed by atoms with Crippen molar-refractivity contribution in [3.8, 4) is 6.07 Å². The maximum absolute atomic E-state index is 13.5. The summed E-state index contributed by atoms with van der Waals surface area (Å²) in [5, 5.41) is 11.2. The molecular formula is C19H18F2N4OS. The van der Waals surface area contributed by atoms with E-state index in [-0.39, 0.29) is 17.4 Å². The average molecular weight is 388 g/mol. The Morgan fingerprint density at radius 1 is 1.33 bits per heavy atom. The number of carbonyl (C=O) groups is 1. The molecule has 140 valence electrons. The number of rotatable bonds is 3. The molecule has 2 atom stereocenters. The first-order valence-electron chi connectivity index (χ1n) is 8.19. The predicted octanol–water partition coefficient (Wildman–Crippen LogP) is 3.52. The topological polar surface area (TPSA) is 82.5 Å². The summed E-state index contributed by atoms with van der Waals surface area (Å²) >= 11 is 1.31. The molecule has 0 radical (unpaired) electrons. The lowest BCUT2D eigenvalue weighted by Gasteiger charge is -2.40. The fraction of sp³-hybridized carbons (Fsp3) is 0.316. The second-order valence-corrected chi connectivity index (χ2v) is 7.65. The molecule has 1 aromatic carbocycles. The lowest BCUT2D eigenvalue weighted by Crippen LogP contribution is -2.52. The number of halogens is 2. The molecule has 0 fully saturated rings. The normalized spacial score (nSPS) is 23.1. The number of nitrogens with two attached hydrogens (primary N) is 1. The van der Waals surface area contributed by atoms with Gasteiger partial charge in [0, 0.05) is 19.5 Å². The summed E-state index contributed by atoms with van der Waals surface area (Å²) in [7, 11) is 1.52. The zero-order chi connectivity index (χ0) is 20.0. The van der Waals surface area contributed by atoms with Crippen LogP contribution in [0, 0.1) is 11.3 Å². The molecule has 5 nitrogen and oxygen atoms in total. The monoisotopic (exact) mass is 388 g/mol. The van der Waals surface area contributed by atoms with Crippen molar-refractivity contribution in [1.82, 2.24) is 4.90 Å². The standard InChI is InChI=1S/C19H18F2N4OS/c1-18(15-12(10-22)8-9-27-15)14(16(26)25(3)17(23)24-18)11-4-6-13(7-5-11)19(2,20)21/h4-9,14H,1-3H3,(H2,23,24)/t14-,18-/m0/s1. The van der Waals surface area contributed by atoms with E-state index < -0.39 is 17.4 Å². The number of amides is 1. The van der Waals surface area contributed by atoms with Gasteiger partial charge in [-0.05, 0) is 23.9 Å². The number of hydrogen-bond acceptors (Lipinski definition) is 5. The highest BCUT2D eigenvalue weighted by molar-refractivity contribution is 7.10. The van der Waals surface area contributed by atoms with Crippen molar-refractivity contribution < 1.29 is 13.6 Å². The highest BCUT2D eigenvalue weighted by Gasteiger charge is 2.49. The van der Waals surface area contributed by atoms with Gasteiger partial charge in [0.1, 0.15) is 11.6 Å². The Labute approximate surface area is 159 Å². The van der Waals surface area contributed by atoms with Gasteiger partial charge in [-0.3, -0.25) is 9.69 Å². The number of nitriles is 1. The third-order valence-electron chi connectivity index (χ3n) is 4.83. The first-order valence-corrected chi connectivity index (χ1v) is 9.06. The van der Waals surface area contributed by atoms with Crippen molar-refractivity contribution in [2.75, 3.05) is 7.05 Å². The molecule has 0 saturated carbocycles. The minimum absolute atomic E-state index is 0.0488. The van der Waals surface area contributed by atoms with E-state index in [0.717, 1.165) is 6.92 Å². The van der Waals surface area contributed by atoms with Crippen molar-refractivity contribution in [2.45, 2.75) is 31.2 Å². The van der Waals surface area contributed by atoms with E-state index in [0.29, 0.717) is 16.0 Å². The molecule has 0 spiro atoms. The summed E-state index contributed by atoms with van der Waals surface area (Å²) in [5.74, 6) is -4.02. The SMILES string of the molecule is CN1C(=O)[C@H](c2ccc(C(C)(F)F)cc2)[C@@](C)(c2sccc2C#N)N=C1N. The van der Waals surface area contributed by atoms with Gasteiger partial charge in [0.2, 0.25) is 5.91 Å². The largest absolute Gasteiger partial charge is 0.369 e. The van der Waals surface area contributed by atoms with Gasteiger partial charge in [-0.2, -0.15) is 5.26 Å². The van der Waals surface area contributed by atoms with E-state index in [2.05, 4.69) is 11.1 Å². The summed E-state index contributed by atoms with van der Waals surface area (Å²) in [5.41, 5.74) is 5.65. The number of aliphatic imine (C=N–C) groups is 1. The van der Waals surface area contributed by atoms with E-state index in [4.69, 9.17) is 5.73 Å². The predicted molar refractivity (Wildman–Crippen MR) is 99.5 cm³/mol. The molecule has 0 aliphatic carbocycles. The second kappa shape index (κ2) is 6.43. The van der Waals surface area contributed by atoms with Gasteiger partial charge in [-0.15, -0.1) is 11.3 Å². The van der Waals surface area contributed by atoms with Crippen LogP contribution in [-0.2, 0) is 16.3 Å². The number of benzene rings is 1. The van der Waals surface area contributed by atoms with Gasteiger partial charge in [0.15, 0.2) is 5.96 Å². The van der Waals surface area contributed by atoms with E-state index >= 15 is 0 Å². The molecule has 1 aromatic heterocycles. The van der Waals surface area contributed by atoms with Crippen LogP contribution >= 0.6 is 11.3 Å². The van der Waals surface area contributed by atoms with Crippen LogP contribution in [0.2, 0.25) is 0 Å². The molecule has 8 heteroatoms. The number of thiophene rings is 1. The maximum Gasteiger partial charge on any atom is 0.270 e. The van der Waals surface area contributed by atoms with Gasteiger partial charge >= 0.3 is 0 Å². The molecule has 0 bridgehead atoms. The van der Waals surface area contributed by atoms with Gasteiger partial charge < -0.3 is 5.73 Å². The Morgan fingerprint density at radius 2 is 1.96 bits per heavy atom. The lowest BCUT2D eigenvalue weighted by molar-refractivity contribution is -0.130. The van der Waals surface area contributed by atoms with Crippen molar-refractivity contribution in [3.63, 3.8) is 0 Å². The van der Waals surface area contributed by atoms with Crippen molar-refractivity contribution >= 4 is 23.2 Å². The average Bonchev–Trinajstić information content (AvgIpc) is 3.09. The van der Waals surface area contributed by atoms with Crippen LogP contribution in [0.25, 0.3) is 0 Å². The molecule has 1 aliphatic heterocycles. The van der Waals surface area contributed by atoms with E-state index in [1.807, 2.05) is 0 Å².